The molecular formula is C10H14F3NOS. The molecule has 16 heavy (non-hydrogen) atoms. The fourth-order valence-corrected chi connectivity index (χ4v) is 1.68. The second-order valence-corrected chi connectivity index (χ2v) is 4.58. The molecule has 0 aliphatic rings. The molecular weight excluding hydrogens is 239 g/mol. The van der Waals surface area contributed by atoms with E-state index in [1.54, 1.807) is 0 Å². The molecule has 0 saturated carbocycles. The number of furan rings is 1. The van der Waals surface area contributed by atoms with Crippen LogP contribution in [-0.4, -0.2) is 17.8 Å². The molecule has 0 saturated heterocycles. The molecule has 1 rings (SSSR count). The van der Waals surface area contributed by atoms with Gasteiger partial charge in [0.15, 0.2) is 0 Å². The minimum Gasteiger partial charge on any atom is -0.465 e. The van der Waals surface area contributed by atoms with Crippen LogP contribution in [0.1, 0.15) is 24.5 Å². The summed E-state index contributed by atoms with van der Waals surface area (Å²) in [4.78, 5) is 0. The van der Waals surface area contributed by atoms with Crippen LogP contribution in [0.2, 0.25) is 0 Å². The summed E-state index contributed by atoms with van der Waals surface area (Å²) in [5.74, 6) is 1.55. The summed E-state index contributed by atoms with van der Waals surface area (Å²) in [7, 11) is 0. The van der Waals surface area contributed by atoms with Gasteiger partial charge in [-0.05, 0) is 37.7 Å². The minimum atomic E-state index is -4.15. The summed E-state index contributed by atoms with van der Waals surface area (Å²) in [6.45, 7) is 3.98. The SMILES string of the molecule is Cc1ccc(C(C)NCCSC(F)(F)F)o1. The predicted octanol–water partition coefficient (Wildman–Crippen LogP) is 3.49. The van der Waals surface area contributed by atoms with Crippen molar-refractivity contribution in [2.24, 2.45) is 0 Å². The average molecular weight is 253 g/mol. The summed E-state index contributed by atoms with van der Waals surface area (Å²) in [5.41, 5.74) is -4.15. The van der Waals surface area contributed by atoms with E-state index in [1.165, 1.54) is 0 Å². The molecule has 1 atom stereocenters. The highest BCUT2D eigenvalue weighted by Gasteiger charge is 2.27. The van der Waals surface area contributed by atoms with Crippen LogP contribution in [0, 0.1) is 6.92 Å². The van der Waals surface area contributed by atoms with Gasteiger partial charge in [-0.25, -0.2) is 0 Å². The van der Waals surface area contributed by atoms with Crippen molar-refractivity contribution < 1.29 is 17.6 Å². The number of hydrogen-bond acceptors (Lipinski definition) is 3. The zero-order valence-electron chi connectivity index (χ0n) is 9.10. The first-order chi connectivity index (χ1) is 7.38. The topological polar surface area (TPSA) is 25.2 Å². The largest absolute Gasteiger partial charge is 0.465 e. The highest BCUT2D eigenvalue weighted by molar-refractivity contribution is 8.00. The van der Waals surface area contributed by atoms with Crippen molar-refractivity contribution in [1.29, 1.82) is 0 Å². The van der Waals surface area contributed by atoms with E-state index < -0.39 is 5.51 Å². The fraction of sp³-hybridized carbons (Fsp3) is 0.600. The molecule has 6 heteroatoms. The Morgan fingerprint density at radius 2 is 2.12 bits per heavy atom. The number of alkyl halides is 3. The van der Waals surface area contributed by atoms with Crippen LogP contribution in [0.4, 0.5) is 13.2 Å². The zero-order chi connectivity index (χ0) is 12.2. The van der Waals surface area contributed by atoms with Crippen LogP contribution in [0.5, 0.6) is 0 Å². The Balaban J connectivity index is 2.23. The Morgan fingerprint density at radius 3 is 2.62 bits per heavy atom. The molecule has 0 bridgehead atoms. The first-order valence-electron chi connectivity index (χ1n) is 4.89. The van der Waals surface area contributed by atoms with Gasteiger partial charge >= 0.3 is 5.51 Å². The minimum absolute atomic E-state index is 0.00747. The van der Waals surface area contributed by atoms with E-state index >= 15 is 0 Å². The van der Waals surface area contributed by atoms with Crippen LogP contribution in [0.3, 0.4) is 0 Å². The van der Waals surface area contributed by atoms with Crippen molar-refractivity contribution in [3.63, 3.8) is 0 Å². The molecule has 0 aliphatic carbocycles. The first kappa shape index (κ1) is 13.4. The van der Waals surface area contributed by atoms with Gasteiger partial charge in [-0.15, -0.1) is 0 Å². The number of rotatable bonds is 5. The Bertz CT molecular complexity index is 324. The van der Waals surface area contributed by atoms with Crippen molar-refractivity contribution in [2.45, 2.75) is 25.4 Å². The number of thioether (sulfide) groups is 1. The van der Waals surface area contributed by atoms with Gasteiger partial charge in [0, 0.05) is 12.3 Å². The average Bonchev–Trinajstić information content (AvgIpc) is 2.57. The third kappa shape index (κ3) is 4.94. The van der Waals surface area contributed by atoms with E-state index in [4.69, 9.17) is 4.42 Å². The van der Waals surface area contributed by atoms with E-state index in [0.29, 0.717) is 6.54 Å². The maximum atomic E-state index is 11.8. The third-order valence-corrected chi connectivity index (χ3v) is 2.74. The molecule has 1 aromatic heterocycles. The lowest BCUT2D eigenvalue weighted by Gasteiger charge is -2.11. The molecule has 1 N–H and O–H groups in total. The normalized spacial score (nSPS) is 14.1. The molecule has 0 amide bonds. The quantitative estimate of drug-likeness (QED) is 0.813. The fourth-order valence-electron chi connectivity index (χ4n) is 1.23. The smallest absolute Gasteiger partial charge is 0.441 e. The Labute approximate surface area is 96.6 Å². The summed E-state index contributed by atoms with van der Waals surface area (Å²) in [6, 6.07) is 3.59. The van der Waals surface area contributed by atoms with Crippen molar-refractivity contribution >= 4 is 11.8 Å². The summed E-state index contributed by atoms with van der Waals surface area (Å²) in [6.07, 6.45) is 0. The number of halogens is 3. The summed E-state index contributed by atoms with van der Waals surface area (Å²) in [5, 5.41) is 2.97. The maximum absolute atomic E-state index is 11.8. The van der Waals surface area contributed by atoms with Crippen LogP contribution < -0.4 is 5.32 Å². The van der Waals surface area contributed by atoms with Gasteiger partial charge in [-0.3, -0.25) is 0 Å². The van der Waals surface area contributed by atoms with Gasteiger partial charge in [0.25, 0.3) is 0 Å². The first-order valence-corrected chi connectivity index (χ1v) is 5.87. The number of nitrogens with one attached hydrogen (secondary N) is 1. The summed E-state index contributed by atoms with van der Waals surface area (Å²) < 4.78 is 40.8. The molecule has 92 valence electrons. The van der Waals surface area contributed by atoms with E-state index in [9.17, 15) is 13.2 Å². The molecule has 1 aromatic rings. The molecule has 1 heterocycles. The van der Waals surface area contributed by atoms with E-state index in [-0.39, 0.29) is 23.6 Å². The Hall–Kier alpha value is -0.620. The standard InChI is InChI=1S/C10H14F3NOS/c1-7-3-4-9(15-7)8(2)14-5-6-16-10(11,12)13/h3-4,8,14H,5-6H2,1-2H3. The third-order valence-electron chi connectivity index (χ3n) is 2.01. The molecule has 0 aliphatic heterocycles. The second kappa shape index (κ2) is 5.63. The van der Waals surface area contributed by atoms with Crippen molar-refractivity contribution in [3.05, 3.63) is 23.7 Å². The second-order valence-electron chi connectivity index (χ2n) is 3.42. The summed E-state index contributed by atoms with van der Waals surface area (Å²) >= 11 is -0.0172. The molecule has 0 aromatic carbocycles. The lowest BCUT2D eigenvalue weighted by Crippen LogP contribution is -2.22. The molecule has 0 spiro atoms. The Kier molecular flexibility index (Phi) is 4.73. The molecule has 1 unspecified atom stereocenters. The number of hydrogen-bond donors (Lipinski definition) is 1. The van der Waals surface area contributed by atoms with Crippen LogP contribution in [0.15, 0.2) is 16.5 Å². The molecule has 0 fully saturated rings. The Morgan fingerprint density at radius 1 is 1.44 bits per heavy atom. The molecule has 2 nitrogen and oxygen atoms in total. The van der Waals surface area contributed by atoms with Gasteiger partial charge < -0.3 is 9.73 Å². The molecule has 0 radical (unpaired) electrons. The van der Waals surface area contributed by atoms with Crippen LogP contribution in [-0.2, 0) is 0 Å². The van der Waals surface area contributed by atoms with Crippen molar-refractivity contribution in [2.75, 3.05) is 12.3 Å². The highest BCUT2D eigenvalue weighted by Crippen LogP contribution is 2.29. The highest BCUT2D eigenvalue weighted by atomic mass is 32.2. The number of aryl methyl sites for hydroxylation is 1. The van der Waals surface area contributed by atoms with Crippen molar-refractivity contribution in [3.8, 4) is 0 Å². The van der Waals surface area contributed by atoms with Crippen LogP contribution in [0.25, 0.3) is 0 Å². The van der Waals surface area contributed by atoms with Gasteiger partial charge in [-0.2, -0.15) is 13.2 Å². The van der Waals surface area contributed by atoms with Gasteiger partial charge in [-0.1, -0.05) is 0 Å². The lowest BCUT2D eigenvalue weighted by atomic mass is 10.2. The van der Waals surface area contributed by atoms with E-state index in [1.807, 2.05) is 26.0 Å². The van der Waals surface area contributed by atoms with Crippen molar-refractivity contribution in [1.82, 2.24) is 5.32 Å². The van der Waals surface area contributed by atoms with E-state index in [2.05, 4.69) is 5.32 Å². The van der Waals surface area contributed by atoms with Crippen LogP contribution >= 0.6 is 11.8 Å². The van der Waals surface area contributed by atoms with Gasteiger partial charge in [0.1, 0.15) is 11.5 Å². The zero-order valence-corrected chi connectivity index (χ0v) is 9.91. The maximum Gasteiger partial charge on any atom is 0.441 e. The predicted molar refractivity (Wildman–Crippen MR) is 58.4 cm³/mol. The lowest BCUT2D eigenvalue weighted by molar-refractivity contribution is -0.0327. The van der Waals surface area contributed by atoms with E-state index in [0.717, 1.165) is 11.5 Å². The monoisotopic (exact) mass is 253 g/mol. The van der Waals surface area contributed by atoms with Gasteiger partial charge in [0.2, 0.25) is 0 Å². The van der Waals surface area contributed by atoms with Gasteiger partial charge in [0.05, 0.1) is 6.04 Å².